The molecule has 0 bridgehead atoms. The molecule has 0 fully saturated rings. The lowest BCUT2D eigenvalue weighted by Crippen LogP contribution is -2.36. The zero-order valence-electron chi connectivity index (χ0n) is 15.0. The van der Waals surface area contributed by atoms with Crippen molar-refractivity contribution >= 4 is 11.6 Å². The third-order valence-corrected chi connectivity index (χ3v) is 4.65. The number of halogens is 6. The largest absolute Gasteiger partial charge is 0.480 e. The second-order valence-corrected chi connectivity index (χ2v) is 6.74. The van der Waals surface area contributed by atoms with Gasteiger partial charge in [0.05, 0.1) is 11.1 Å². The number of hydrogen-bond acceptors (Lipinski definition) is 4. The molecule has 0 aliphatic carbocycles. The highest BCUT2D eigenvalue weighted by atomic mass is 19.4. The van der Waals surface area contributed by atoms with E-state index in [1.165, 1.54) is 6.07 Å². The van der Waals surface area contributed by atoms with Crippen molar-refractivity contribution in [2.24, 2.45) is 0 Å². The van der Waals surface area contributed by atoms with Crippen molar-refractivity contribution in [1.82, 2.24) is 0 Å². The van der Waals surface area contributed by atoms with Gasteiger partial charge in [-0.1, -0.05) is 0 Å². The normalized spacial score (nSPS) is 17.9. The minimum Gasteiger partial charge on any atom is -0.480 e. The summed E-state index contributed by atoms with van der Waals surface area (Å²) < 4.78 is 93.9. The molecule has 2 heterocycles. The fourth-order valence-corrected chi connectivity index (χ4v) is 3.20. The summed E-state index contributed by atoms with van der Waals surface area (Å²) in [4.78, 5) is 12.5. The number of hydrogen-bond donors (Lipinski definition) is 1. The van der Waals surface area contributed by atoms with E-state index >= 15 is 0 Å². The maximum Gasteiger partial charge on any atom is 0.416 e. The predicted octanol–water partition coefficient (Wildman–Crippen LogP) is 4.79. The lowest BCUT2D eigenvalue weighted by atomic mass is 10.0. The summed E-state index contributed by atoms with van der Waals surface area (Å²) in [5, 5.41) is 2.10. The van der Waals surface area contributed by atoms with Gasteiger partial charge in [0, 0.05) is 11.8 Å². The van der Waals surface area contributed by atoms with E-state index < -0.39 is 41.2 Å². The highest BCUT2D eigenvalue weighted by Gasteiger charge is 2.37. The number of nitrogens with one attached hydrogen (secondary N) is 1. The molecule has 2 aromatic carbocycles. The van der Waals surface area contributed by atoms with Crippen LogP contribution >= 0.6 is 0 Å². The molecule has 2 aliphatic heterocycles. The number of carbonyl (C=O) groups is 1. The number of ether oxygens (including phenoxy) is 3. The fraction of sp³-hybridized carbons (Fsp3) is 0.316. The van der Waals surface area contributed by atoms with Gasteiger partial charge in [0.2, 0.25) is 6.79 Å². The first-order valence-electron chi connectivity index (χ1n) is 8.70. The summed E-state index contributed by atoms with van der Waals surface area (Å²) in [5.41, 5.74) is -2.91. The van der Waals surface area contributed by atoms with E-state index in [1.54, 1.807) is 6.07 Å². The standard InChI is InChI=1S/C19H13F6NO4/c20-18(21,22)10-4-11(19(23,24)25)6-12(5-10)26-17(27)13-2-1-9-3-15-16(29-8-28-15)7-14(9)30-13/h3-7,13H,1-2,8H2,(H,26,27). The van der Waals surface area contributed by atoms with Gasteiger partial charge in [-0.15, -0.1) is 0 Å². The summed E-state index contributed by atoms with van der Waals surface area (Å²) in [7, 11) is 0. The van der Waals surface area contributed by atoms with Gasteiger partial charge in [-0.2, -0.15) is 26.3 Å². The Labute approximate surface area is 165 Å². The first-order chi connectivity index (χ1) is 14.0. The molecule has 5 nitrogen and oxygen atoms in total. The van der Waals surface area contributed by atoms with Crippen LogP contribution in [0.25, 0.3) is 0 Å². The first-order valence-corrected chi connectivity index (χ1v) is 8.70. The van der Waals surface area contributed by atoms with Crippen molar-refractivity contribution in [3.63, 3.8) is 0 Å². The quantitative estimate of drug-likeness (QED) is 0.693. The van der Waals surface area contributed by atoms with Crippen LogP contribution in [0, 0.1) is 0 Å². The number of alkyl halides is 6. The Morgan fingerprint density at radius 2 is 1.47 bits per heavy atom. The molecule has 30 heavy (non-hydrogen) atoms. The second kappa shape index (κ2) is 6.99. The summed E-state index contributed by atoms with van der Waals surface area (Å²) in [6, 6.07) is 4.12. The molecule has 2 aliphatic rings. The van der Waals surface area contributed by atoms with Crippen LogP contribution in [0.5, 0.6) is 17.2 Å². The molecule has 0 saturated carbocycles. The number of rotatable bonds is 2. The molecule has 1 atom stereocenters. The molecular weight excluding hydrogens is 420 g/mol. The van der Waals surface area contributed by atoms with Crippen LogP contribution in [-0.2, 0) is 23.6 Å². The van der Waals surface area contributed by atoms with E-state index in [2.05, 4.69) is 5.32 Å². The molecule has 0 saturated heterocycles. The number of carbonyl (C=O) groups excluding carboxylic acids is 1. The topological polar surface area (TPSA) is 56.8 Å². The summed E-state index contributed by atoms with van der Waals surface area (Å²) in [5.74, 6) is 0.433. The fourth-order valence-electron chi connectivity index (χ4n) is 3.20. The van der Waals surface area contributed by atoms with Gasteiger partial charge < -0.3 is 19.5 Å². The Kier molecular flexibility index (Phi) is 4.70. The van der Waals surface area contributed by atoms with Gasteiger partial charge in [0.25, 0.3) is 5.91 Å². The molecule has 0 aromatic heterocycles. The molecule has 160 valence electrons. The average Bonchev–Trinajstić information content (AvgIpc) is 3.11. The third kappa shape index (κ3) is 3.96. The lowest BCUT2D eigenvalue weighted by Gasteiger charge is -2.25. The lowest BCUT2D eigenvalue weighted by molar-refractivity contribution is -0.143. The van der Waals surface area contributed by atoms with Crippen molar-refractivity contribution in [2.45, 2.75) is 31.3 Å². The van der Waals surface area contributed by atoms with Crippen LogP contribution < -0.4 is 19.5 Å². The van der Waals surface area contributed by atoms with E-state index in [0.717, 1.165) is 5.56 Å². The minimum absolute atomic E-state index is 0.00828. The number of benzene rings is 2. The monoisotopic (exact) mass is 433 g/mol. The molecule has 1 amide bonds. The Hall–Kier alpha value is -3.11. The van der Waals surface area contributed by atoms with E-state index in [9.17, 15) is 31.1 Å². The van der Waals surface area contributed by atoms with Crippen LogP contribution in [0.1, 0.15) is 23.1 Å². The SMILES string of the molecule is O=C(Nc1cc(C(F)(F)F)cc(C(F)(F)F)c1)C1CCc2cc3c(cc2O1)OCO3. The van der Waals surface area contributed by atoms with Crippen LogP contribution in [0.15, 0.2) is 30.3 Å². The van der Waals surface area contributed by atoms with Crippen molar-refractivity contribution < 1.29 is 45.3 Å². The van der Waals surface area contributed by atoms with E-state index in [4.69, 9.17) is 14.2 Å². The number of anilines is 1. The Morgan fingerprint density at radius 3 is 2.07 bits per heavy atom. The van der Waals surface area contributed by atoms with Crippen LogP contribution in [-0.4, -0.2) is 18.8 Å². The zero-order valence-corrected chi connectivity index (χ0v) is 15.0. The predicted molar refractivity (Wildman–Crippen MR) is 90.4 cm³/mol. The molecule has 2 aromatic rings. The molecule has 1 unspecified atom stereocenters. The van der Waals surface area contributed by atoms with Gasteiger partial charge in [0.1, 0.15) is 5.75 Å². The summed E-state index contributed by atoms with van der Waals surface area (Å²) in [6.07, 6.45) is -10.5. The Morgan fingerprint density at radius 1 is 0.867 bits per heavy atom. The molecule has 11 heteroatoms. The number of amides is 1. The van der Waals surface area contributed by atoms with Crippen LogP contribution in [0.3, 0.4) is 0 Å². The first kappa shape index (κ1) is 20.2. The van der Waals surface area contributed by atoms with Gasteiger partial charge in [-0.25, -0.2) is 0 Å². The van der Waals surface area contributed by atoms with Gasteiger partial charge in [-0.05, 0) is 42.7 Å². The maximum atomic E-state index is 13.0. The average molecular weight is 433 g/mol. The smallest absolute Gasteiger partial charge is 0.416 e. The van der Waals surface area contributed by atoms with Crippen molar-refractivity contribution in [2.75, 3.05) is 12.1 Å². The Balaban J connectivity index is 1.55. The molecule has 0 radical (unpaired) electrons. The van der Waals surface area contributed by atoms with Crippen molar-refractivity contribution in [3.05, 3.63) is 47.0 Å². The van der Waals surface area contributed by atoms with Gasteiger partial charge in [-0.3, -0.25) is 4.79 Å². The highest BCUT2D eigenvalue weighted by molar-refractivity contribution is 5.94. The van der Waals surface area contributed by atoms with Gasteiger partial charge >= 0.3 is 12.4 Å². The van der Waals surface area contributed by atoms with Gasteiger partial charge in [0.15, 0.2) is 17.6 Å². The number of aryl methyl sites for hydroxylation is 1. The van der Waals surface area contributed by atoms with E-state index in [-0.39, 0.29) is 19.3 Å². The molecular formula is C19H13F6NO4. The van der Waals surface area contributed by atoms with Crippen LogP contribution in [0.2, 0.25) is 0 Å². The van der Waals surface area contributed by atoms with Crippen molar-refractivity contribution in [1.29, 1.82) is 0 Å². The second-order valence-electron chi connectivity index (χ2n) is 6.74. The zero-order chi connectivity index (χ0) is 21.7. The highest BCUT2D eigenvalue weighted by Crippen LogP contribution is 2.41. The molecule has 0 spiro atoms. The summed E-state index contributed by atoms with van der Waals surface area (Å²) in [6.45, 7) is 0.0409. The molecule has 4 rings (SSSR count). The minimum atomic E-state index is -5.01. The summed E-state index contributed by atoms with van der Waals surface area (Å²) >= 11 is 0. The molecule has 1 N–H and O–H groups in total. The number of fused-ring (bicyclic) bond motifs is 2. The Bertz CT molecular complexity index is 969. The third-order valence-electron chi connectivity index (χ3n) is 4.65. The maximum absolute atomic E-state index is 13.0. The van der Waals surface area contributed by atoms with E-state index in [0.29, 0.717) is 35.8 Å². The van der Waals surface area contributed by atoms with Crippen LogP contribution in [0.4, 0.5) is 32.0 Å². The van der Waals surface area contributed by atoms with Crippen molar-refractivity contribution in [3.8, 4) is 17.2 Å². The van der Waals surface area contributed by atoms with E-state index in [1.807, 2.05) is 0 Å².